The van der Waals surface area contributed by atoms with E-state index in [1.54, 1.807) is 12.1 Å². The largest absolute Gasteiger partial charge is 0.310 e. The van der Waals surface area contributed by atoms with Crippen LogP contribution in [-0.4, -0.2) is 6.54 Å². The van der Waals surface area contributed by atoms with E-state index in [-0.39, 0.29) is 5.82 Å². The van der Waals surface area contributed by atoms with E-state index in [1.807, 2.05) is 6.07 Å². The molecule has 1 fully saturated rings. The van der Waals surface area contributed by atoms with Crippen LogP contribution in [0.5, 0.6) is 0 Å². The molecule has 82 valence electrons. The molecule has 2 rings (SSSR count). The molecule has 1 saturated carbocycles. The van der Waals surface area contributed by atoms with Gasteiger partial charge in [0.15, 0.2) is 0 Å². The van der Waals surface area contributed by atoms with Crippen molar-refractivity contribution in [2.45, 2.75) is 32.2 Å². The lowest BCUT2D eigenvalue weighted by Crippen LogP contribution is -2.21. The zero-order valence-electron chi connectivity index (χ0n) is 9.17. The van der Waals surface area contributed by atoms with Gasteiger partial charge in [-0.3, -0.25) is 0 Å². The summed E-state index contributed by atoms with van der Waals surface area (Å²) in [4.78, 5) is 0. The van der Waals surface area contributed by atoms with E-state index < -0.39 is 0 Å². The maximum absolute atomic E-state index is 13.1. The van der Waals surface area contributed by atoms with Gasteiger partial charge in [-0.2, -0.15) is 0 Å². The highest BCUT2D eigenvalue weighted by Gasteiger charge is 2.25. The number of nitrogens with one attached hydrogen (secondary N) is 1. The van der Waals surface area contributed by atoms with Gasteiger partial charge in [-0.15, -0.1) is 0 Å². The summed E-state index contributed by atoms with van der Waals surface area (Å²) in [6, 6.07) is 7.29. The van der Waals surface area contributed by atoms with Crippen LogP contribution in [0.4, 0.5) is 4.39 Å². The first-order chi connectivity index (χ1) is 7.29. The third-order valence-electron chi connectivity index (χ3n) is 2.97. The van der Waals surface area contributed by atoms with Crippen molar-refractivity contribution < 1.29 is 4.39 Å². The molecule has 2 heteroatoms. The zero-order valence-corrected chi connectivity index (χ0v) is 9.17. The summed E-state index contributed by atoms with van der Waals surface area (Å²) in [5.74, 6) is 0.725. The second-order valence-electron chi connectivity index (χ2n) is 4.34. The van der Waals surface area contributed by atoms with Crippen molar-refractivity contribution in [2.75, 3.05) is 6.54 Å². The number of hydrogen-bond donors (Lipinski definition) is 1. The van der Waals surface area contributed by atoms with E-state index in [9.17, 15) is 4.39 Å². The fourth-order valence-electron chi connectivity index (χ4n) is 1.99. The van der Waals surface area contributed by atoms with E-state index in [0.717, 1.165) is 24.4 Å². The van der Waals surface area contributed by atoms with Crippen LogP contribution in [0, 0.1) is 11.7 Å². The number of hydrogen-bond acceptors (Lipinski definition) is 1. The molecule has 0 bridgehead atoms. The van der Waals surface area contributed by atoms with Gasteiger partial charge in [0.1, 0.15) is 5.82 Å². The standard InChI is InChI=1S/C13H18FN/c1-2-15-13(8-10-6-7-10)11-4-3-5-12(14)9-11/h3-5,9-10,13,15H,2,6-8H2,1H3. The monoisotopic (exact) mass is 207 g/mol. The first-order valence-corrected chi connectivity index (χ1v) is 5.78. The summed E-state index contributed by atoms with van der Waals surface area (Å²) in [7, 11) is 0. The van der Waals surface area contributed by atoms with Crippen molar-refractivity contribution >= 4 is 0 Å². The summed E-state index contributed by atoms with van der Waals surface area (Å²) in [5, 5.41) is 3.43. The van der Waals surface area contributed by atoms with Gasteiger partial charge in [0.2, 0.25) is 0 Å². The SMILES string of the molecule is CCNC(CC1CC1)c1cccc(F)c1. The normalized spacial score (nSPS) is 17.7. The summed E-state index contributed by atoms with van der Waals surface area (Å²) < 4.78 is 13.1. The molecule has 15 heavy (non-hydrogen) atoms. The average Bonchev–Trinajstić information content (AvgIpc) is 3.01. The minimum Gasteiger partial charge on any atom is -0.310 e. The number of rotatable bonds is 5. The first-order valence-electron chi connectivity index (χ1n) is 5.78. The molecule has 0 spiro atoms. The molecule has 1 N–H and O–H groups in total. The van der Waals surface area contributed by atoms with Crippen molar-refractivity contribution in [2.24, 2.45) is 5.92 Å². The third-order valence-corrected chi connectivity index (χ3v) is 2.97. The quantitative estimate of drug-likeness (QED) is 0.781. The van der Waals surface area contributed by atoms with Gasteiger partial charge in [-0.25, -0.2) is 4.39 Å². The summed E-state index contributed by atoms with van der Waals surface area (Å²) in [6.45, 7) is 3.03. The second kappa shape index (κ2) is 4.75. The molecule has 1 aliphatic carbocycles. The summed E-state index contributed by atoms with van der Waals surface area (Å²) in [6.07, 6.45) is 3.84. The highest BCUT2D eigenvalue weighted by molar-refractivity contribution is 5.20. The van der Waals surface area contributed by atoms with Crippen LogP contribution in [-0.2, 0) is 0 Å². The molecule has 0 amide bonds. The maximum atomic E-state index is 13.1. The van der Waals surface area contributed by atoms with E-state index in [4.69, 9.17) is 0 Å². The van der Waals surface area contributed by atoms with Gasteiger partial charge in [0.25, 0.3) is 0 Å². The van der Waals surface area contributed by atoms with Crippen molar-refractivity contribution in [1.29, 1.82) is 0 Å². The first kappa shape index (κ1) is 10.6. The Balaban J connectivity index is 2.07. The van der Waals surface area contributed by atoms with Crippen LogP contribution >= 0.6 is 0 Å². The molecule has 1 aliphatic rings. The summed E-state index contributed by atoms with van der Waals surface area (Å²) in [5.41, 5.74) is 1.09. The third kappa shape index (κ3) is 3.03. The molecule has 1 nitrogen and oxygen atoms in total. The minimum atomic E-state index is -0.133. The van der Waals surface area contributed by atoms with Gasteiger partial charge in [0.05, 0.1) is 0 Å². The van der Waals surface area contributed by atoms with E-state index in [0.29, 0.717) is 6.04 Å². The van der Waals surface area contributed by atoms with Gasteiger partial charge >= 0.3 is 0 Å². The second-order valence-corrected chi connectivity index (χ2v) is 4.34. The Morgan fingerprint density at radius 3 is 2.87 bits per heavy atom. The fraction of sp³-hybridized carbons (Fsp3) is 0.538. The Morgan fingerprint density at radius 2 is 2.27 bits per heavy atom. The molecule has 1 aromatic rings. The lowest BCUT2D eigenvalue weighted by molar-refractivity contribution is 0.483. The van der Waals surface area contributed by atoms with Crippen LogP contribution in [0.1, 0.15) is 37.8 Å². The van der Waals surface area contributed by atoms with E-state index in [2.05, 4.69) is 12.2 Å². The molecule has 0 heterocycles. The fourth-order valence-corrected chi connectivity index (χ4v) is 1.99. The number of halogens is 1. The maximum Gasteiger partial charge on any atom is 0.123 e. The van der Waals surface area contributed by atoms with Crippen molar-refractivity contribution in [1.82, 2.24) is 5.32 Å². The molecular weight excluding hydrogens is 189 g/mol. The number of benzene rings is 1. The molecule has 1 aromatic carbocycles. The van der Waals surface area contributed by atoms with Crippen molar-refractivity contribution in [3.8, 4) is 0 Å². The summed E-state index contributed by atoms with van der Waals surface area (Å²) >= 11 is 0. The molecule has 0 saturated heterocycles. The van der Waals surface area contributed by atoms with Crippen LogP contribution in [0.25, 0.3) is 0 Å². The Bertz CT molecular complexity index is 320. The van der Waals surface area contributed by atoms with Crippen LogP contribution in [0.3, 0.4) is 0 Å². The minimum absolute atomic E-state index is 0.133. The highest BCUT2D eigenvalue weighted by atomic mass is 19.1. The van der Waals surface area contributed by atoms with E-state index in [1.165, 1.54) is 18.9 Å². The van der Waals surface area contributed by atoms with Crippen molar-refractivity contribution in [3.63, 3.8) is 0 Å². The Morgan fingerprint density at radius 1 is 1.47 bits per heavy atom. The Kier molecular flexibility index (Phi) is 3.37. The molecular formula is C13H18FN. The topological polar surface area (TPSA) is 12.0 Å². The van der Waals surface area contributed by atoms with Gasteiger partial charge in [-0.05, 0) is 36.6 Å². The average molecular weight is 207 g/mol. The molecule has 1 atom stereocenters. The van der Waals surface area contributed by atoms with Gasteiger partial charge in [0, 0.05) is 6.04 Å². The lowest BCUT2D eigenvalue weighted by Gasteiger charge is -2.18. The molecule has 0 radical (unpaired) electrons. The molecule has 0 aromatic heterocycles. The van der Waals surface area contributed by atoms with Crippen molar-refractivity contribution in [3.05, 3.63) is 35.6 Å². The molecule has 1 unspecified atom stereocenters. The predicted octanol–water partition coefficient (Wildman–Crippen LogP) is 3.28. The Hall–Kier alpha value is -0.890. The smallest absolute Gasteiger partial charge is 0.123 e. The lowest BCUT2D eigenvalue weighted by atomic mass is 10.0. The Labute approximate surface area is 90.7 Å². The molecule has 0 aliphatic heterocycles. The van der Waals surface area contributed by atoms with Crippen LogP contribution in [0.15, 0.2) is 24.3 Å². The predicted molar refractivity (Wildman–Crippen MR) is 60.2 cm³/mol. The van der Waals surface area contributed by atoms with Gasteiger partial charge in [-0.1, -0.05) is 31.9 Å². The highest BCUT2D eigenvalue weighted by Crippen LogP contribution is 2.37. The van der Waals surface area contributed by atoms with Gasteiger partial charge < -0.3 is 5.32 Å². The van der Waals surface area contributed by atoms with E-state index >= 15 is 0 Å². The van der Waals surface area contributed by atoms with Crippen LogP contribution < -0.4 is 5.32 Å². The van der Waals surface area contributed by atoms with Crippen LogP contribution in [0.2, 0.25) is 0 Å². The zero-order chi connectivity index (χ0) is 10.7.